The Kier molecular flexibility index (Phi) is 4.44. The molecular weight excluding hydrogens is 208 g/mol. The Labute approximate surface area is 93.5 Å². The van der Waals surface area contributed by atoms with E-state index in [9.17, 15) is 9.59 Å². The second kappa shape index (κ2) is 5.85. The summed E-state index contributed by atoms with van der Waals surface area (Å²) in [5.41, 5.74) is 0.669. The van der Waals surface area contributed by atoms with E-state index in [1.807, 2.05) is 0 Å². The summed E-state index contributed by atoms with van der Waals surface area (Å²) in [6, 6.07) is 3.36. The first kappa shape index (κ1) is 12.2. The van der Waals surface area contributed by atoms with Gasteiger partial charge in [0.15, 0.2) is 0 Å². The van der Waals surface area contributed by atoms with E-state index in [1.165, 1.54) is 0 Å². The van der Waals surface area contributed by atoms with Crippen molar-refractivity contribution in [3.05, 3.63) is 24.5 Å². The summed E-state index contributed by atoms with van der Waals surface area (Å²) in [6.45, 7) is 1.74. The maximum atomic E-state index is 11.5. The van der Waals surface area contributed by atoms with E-state index < -0.39 is 5.97 Å². The van der Waals surface area contributed by atoms with Crippen molar-refractivity contribution < 1.29 is 14.7 Å². The van der Waals surface area contributed by atoms with Gasteiger partial charge in [0, 0.05) is 30.9 Å². The maximum absolute atomic E-state index is 11.5. The van der Waals surface area contributed by atoms with Crippen molar-refractivity contribution in [1.29, 1.82) is 0 Å². The van der Waals surface area contributed by atoms with Gasteiger partial charge in [-0.05, 0) is 18.1 Å². The fourth-order valence-electron chi connectivity index (χ4n) is 1.33. The smallest absolute Gasteiger partial charge is 0.303 e. The van der Waals surface area contributed by atoms with Crippen LogP contribution in [-0.2, 0) is 9.59 Å². The number of hydrogen-bond donors (Lipinski definition) is 2. The fraction of sp³-hybridized carbons (Fsp3) is 0.364. The highest BCUT2D eigenvalue weighted by molar-refractivity contribution is 5.90. The van der Waals surface area contributed by atoms with Crippen LogP contribution < -0.4 is 5.32 Å². The lowest BCUT2D eigenvalue weighted by Crippen LogP contribution is -2.16. The van der Waals surface area contributed by atoms with Crippen molar-refractivity contribution in [1.82, 2.24) is 4.98 Å². The number of nitrogens with zero attached hydrogens (tertiary/aromatic N) is 1. The van der Waals surface area contributed by atoms with Crippen molar-refractivity contribution >= 4 is 17.6 Å². The number of pyridine rings is 1. The first-order valence-corrected chi connectivity index (χ1v) is 4.99. The summed E-state index contributed by atoms with van der Waals surface area (Å²) < 4.78 is 0. The van der Waals surface area contributed by atoms with Crippen LogP contribution in [-0.4, -0.2) is 22.0 Å². The number of carbonyl (C=O) groups is 2. The topological polar surface area (TPSA) is 79.3 Å². The molecule has 1 amide bonds. The van der Waals surface area contributed by atoms with E-state index in [1.54, 1.807) is 31.5 Å². The molecule has 5 nitrogen and oxygen atoms in total. The molecule has 0 bridgehead atoms. The number of hydrogen-bond acceptors (Lipinski definition) is 3. The third-order valence-corrected chi connectivity index (χ3v) is 2.02. The Morgan fingerprint density at radius 2 is 2.00 bits per heavy atom. The van der Waals surface area contributed by atoms with Gasteiger partial charge in [0.1, 0.15) is 0 Å². The molecule has 1 aromatic heterocycles. The zero-order chi connectivity index (χ0) is 12.0. The van der Waals surface area contributed by atoms with E-state index in [0.29, 0.717) is 5.69 Å². The Bertz CT molecular complexity index is 365. The van der Waals surface area contributed by atoms with E-state index >= 15 is 0 Å². The lowest BCUT2D eigenvalue weighted by Gasteiger charge is -2.08. The number of carboxylic acid groups (broad SMARTS) is 1. The van der Waals surface area contributed by atoms with Gasteiger partial charge in [0.25, 0.3) is 0 Å². The second-order valence-electron chi connectivity index (χ2n) is 3.69. The van der Waals surface area contributed by atoms with Crippen LogP contribution in [0.15, 0.2) is 24.5 Å². The van der Waals surface area contributed by atoms with Crippen molar-refractivity contribution in [3.63, 3.8) is 0 Å². The predicted octanol–water partition coefficient (Wildman–Crippen LogP) is 1.52. The molecule has 1 heterocycles. The van der Waals surface area contributed by atoms with Crippen LogP contribution in [0.2, 0.25) is 0 Å². The molecular formula is C11H14N2O3. The van der Waals surface area contributed by atoms with Crippen LogP contribution in [0.1, 0.15) is 19.8 Å². The average molecular weight is 222 g/mol. The number of nitrogens with one attached hydrogen (secondary N) is 1. The highest BCUT2D eigenvalue weighted by Gasteiger charge is 2.12. The van der Waals surface area contributed by atoms with Crippen molar-refractivity contribution in [3.8, 4) is 0 Å². The van der Waals surface area contributed by atoms with Gasteiger partial charge in [-0.2, -0.15) is 0 Å². The molecule has 86 valence electrons. The molecule has 0 aliphatic heterocycles. The Balaban J connectivity index is 2.39. The lowest BCUT2D eigenvalue weighted by molar-refractivity contribution is -0.138. The zero-order valence-corrected chi connectivity index (χ0v) is 9.01. The third-order valence-electron chi connectivity index (χ3n) is 2.02. The molecule has 0 saturated carbocycles. The minimum absolute atomic E-state index is 0.00374. The molecule has 5 heteroatoms. The van der Waals surface area contributed by atoms with Gasteiger partial charge in [0.05, 0.1) is 0 Å². The molecule has 1 atom stereocenters. The summed E-state index contributed by atoms with van der Waals surface area (Å²) in [5.74, 6) is -1.23. The van der Waals surface area contributed by atoms with E-state index in [2.05, 4.69) is 10.3 Å². The van der Waals surface area contributed by atoms with Gasteiger partial charge in [-0.15, -0.1) is 0 Å². The quantitative estimate of drug-likeness (QED) is 0.791. The number of rotatable bonds is 5. The van der Waals surface area contributed by atoms with E-state index in [4.69, 9.17) is 5.11 Å². The van der Waals surface area contributed by atoms with E-state index in [-0.39, 0.29) is 24.7 Å². The summed E-state index contributed by atoms with van der Waals surface area (Å²) in [6.07, 6.45) is 3.37. The summed E-state index contributed by atoms with van der Waals surface area (Å²) >= 11 is 0. The Morgan fingerprint density at radius 1 is 1.38 bits per heavy atom. The molecule has 0 fully saturated rings. The Hall–Kier alpha value is -1.91. The number of amides is 1. The SMILES string of the molecule is CC(CC(=O)O)CC(=O)Nc1ccncc1. The molecule has 16 heavy (non-hydrogen) atoms. The monoisotopic (exact) mass is 222 g/mol. The Morgan fingerprint density at radius 3 is 2.56 bits per heavy atom. The van der Waals surface area contributed by atoms with Gasteiger partial charge in [0.2, 0.25) is 5.91 Å². The van der Waals surface area contributed by atoms with Crippen molar-refractivity contribution in [2.45, 2.75) is 19.8 Å². The van der Waals surface area contributed by atoms with Gasteiger partial charge in [-0.1, -0.05) is 6.92 Å². The largest absolute Gasteiger partial charge is 0.481 e. The van der Waals surface area contributed by atoms with Gasteiger partial charge in [-0.3, -0.25) is 14.6 Å². The number of carboxylic acids is 1. The highest BCUT2D eigenvalue weighted by atomic mass is 16.4. The number of carbonyl (C=O) groups excluding carboxylic acids is 1. The standard InChI is InChI=1S/C11H14N2O3/c1-8(7-11(15)16)6-10(14)13-9-2-4-12-5-3-9/h2-5,8H,6-7H2,1H3,(H,15,16)(H,12,13,14). The summed E-state index contributed by atoms with van der Waals surface area (Å²) in [5, 5.41) is 11.2. The second-order valence-corrected chi connectivity index (χ2v) is 3.69. The number of anilines is 1. The van der Waals surface area contributed by atoms with Crippen LogP contribution in [0, 0.1) is 5.92 Å². The highest BCUT2D eigenvalue weighted by Crippen LogP contribution is 2.10. The van der Waals surface area contributed by atoms with Crippen LogP contribution in [0.3, 0.4) is 0 Å². The predicted molar refractivity (Wildman–Crippen MR) is 58.9 cm³/mol. The molecule has 0 radical (unpaired) electrons. The summed E-state index contributed by atoms with van der Waals surface area (Å²) in [4.78, 5) is 25.7. The molecule has 1 aromatic rings. The minimum atomic E-state index is -0.885. The van der Waals surface area contributed by atoms with Crippen molar-refractivity contribution in [2.75, 3.05) is 5.32 Å². The van der Waals surface area contributed by atoms with Gasteiger partial charge < -0.3 is 10.4 Å². The average Bonchev–Trinajstić information content (AvgIpc) is 2.17. The normalized spacial score (nSPS) is 11.8. The van der Waals surface area contributed by atoms with Gasteiger partial charge in [-0.25, -0.2) is 0 Å². The molecule has 2 N–H and O–H groups in total. The van der Waals surface area contributed by atoms with Gasteiger partial charge >= 0.3 is 5.97 Å². The number of aromatic nitrogens is 1. The first-order valence-electron chi connectivity index (χ1n) is 4.99. The molecule has 0 aromatic carbocycles. The molecule has 0 aliphatic rings. The number of aliphatic carboxylic acids is 1. The molecule has 0 spiro atoms. The maximum Gasteiger partial charge on any atom is 0.303 e. The van der Waals surface area contributed by atoms with Crippen molar-refractivity contribution in [2.24, 2.45) is 5.92 Å². The summed E-state index contributed by atoms with van der Waals surface area (Å²) in [7, 11) is 0. The van der Waals surface area contributed by atoms with Crippen LogP contribution in [0.5, 0.6) is 0 Å². The fourth-order valence-corrected chi connectivity index (χ4v) is 1.33. The van der Waals surface area contributed by atoms with E-state index in [0.717, 1.165) is 0 Å². The minimum Gasteiger partial charge on any atom is -0.481 e. The van der Waals surface area contributed by atoms with Crippen LogP contribution in [0.25, 0.3) is 0 Å². The molecule has 1 rings (SSSR count). The molecule has 1 unspecified atom stereocenters. The first-order chi connectivity index (χ1) is 7.58. The molecule has 0 aliphatic carbocycles. The van der Waals surface area contributed by atoms with Crippen LogP contribution >= 0.6 is 0 Å². The van der Waals surface area contributed by atoms with Crippen LogP contribution in [0.4, 0.5) is 5.69 Å². The molecule has 0 saturated heterocycles. The third kappa shape index (κ3) is 4.54. The lowest BCUT2D eigenvalue weighted by atomic mass is 10.0. The zero-order valence-electron chi connectivity index (χ0n) is 9.01.